The van der Waals surface area contributed by atoms with Crippen LogP contribution in [0.4, 0.5) is 0 Å². The number of amides is 1. The number of nitrogens with one attached hydrogen (secondary N) is 1. The van der Waals surface area contributed by atoms with Crippen molar-refractivity contribution in [2.45, 2.75) is 72.1 Å². The van der Waals surface area contributed by atoms with Crippen molar-refractivity contribution in [2.24, 2.45) is 5.92 Å². The molecule has 0 aliphatic carbocycles. The van der Waals surface area contributed by atoms with Crippen LogP contribution < -0.4 is 5.32 Å². The van der Waals surface area contributed by atoms with Crippen molar-refractivity contribution >= 4 is 5.91 Å². The lowest BCUT2D eigenvalue weighted by molar-refractivity contribution is -0.134. The first kappa shape index (κ1) is 18.4. The predicted molar refractivity (Wildman–Crippen MR) is 78.0 cm³/mol. The Morgan fingerprint density at radius 3 is 2.32 bits per heavy atom. The second-order valence-electron chi connectivity index (χ2n) is 5.16. The Morgan fingerprint density at radius 2 is 1.84 bits per heavy atom. The van der Waals surface area contributed by atoms with E-state index in [1.807, 2.05) is 20.8 Å². The molecule has 0 bridgehead atoms. The molecule has 114 valence electrons. The molecule has 0 aromatic heterocycles. The number of hydrogen-bond donors (Lipinski definition) is 1. The Kier molecular flexibility index (Phi) is 10.9. The van der Waals surface area contributed by atoms with E-state index in [2.05, 4.69) is 12.2 Å². The maximum atomic E-state index is 11.8. The number of carbonyl (C=O) groups is 1. The average molecular weight is 273 g/mol. The molecule has 1 amide bonds. The summed E-state index contributed by atoms with van der Waals surface area (Å²) in [4.78, 5) is 11.8. The van der Waals surface area contributed by atoms with Crippen LogP contribution in [-0.2, 0) is 14.3 Å². The van der Waals surface area contributed by atoms with Crippen LogP contribution >= 0.6 is 0 Å². The van der Waals surface area contributed by atoms with Crippen molar-refractivity contribution in [1.82, 2.24) is 5.32 Å². The molecule has 0 aliphatic heterocycles. The Labute approximate surface area is 118 Å². The summed E-state index contributed by atoms with van der Waals surface area (Å²) >= 11 is 0. The van der Waals surface area contributed by atoms with E-state index >= 15 is 0 Å². The highest BCUT2D eigenvalue weighted by Gasteiger charge is 2.24. The molecule has 1 N–H and O–H groups in total. The van der Waals surface area contributed by atoms with E-state index in [1.54, 1.807) is 7.11 Å². The third kappa shape index (κ3) is 8.22. The second-order valence-corrected chi connectivity index (χ2v) is 5.16. The van der Waals surface area contributed by atoms with Crippen molar-refractivity contribution in [2.75, 3.05) is 13.7 Å². The summed E-state index contributed by atoms with van der Waals surface area (Å²) in [6.45, 7) is 8.55. The maximum absolute atomic E-state index is 11.8. The lowest BCUT2D eigenvalue weighted by atomic mass is 10.1. The summed E-state index contributed by atoms with van der Waals surface area (Å²) in [5, 5.41) is 2.91. The van der Waals surface area contributed by atoms with Gasteiger partial charge in [0.25, 0.3) is 0 Å². The lowest BCUT2D eigenvalue weighted by Crippen LogP contribution is -2.47. The molecule has 4 heteroatoms. The summed E-state index contributed by atoms with van der Waals surface area (Å²) in [6.07, 6.45) is 5.28. The Morgan fingerprint density at radius 1 is 1.16 bits per heavy atom. The first-order valence-electron chi connectivity index (χ1n) is 7.51. The zero-order valence-electron chi connectivity index (χ0n) is 13.2. The van der Waals surface area contributed by atoms with Crippen molar-refractivity contribution in [3.63, 3.8) is 0 Å². The SMILES string of the molecule is CCCCCC[C@@H](OCC)[C@H](NC(=O)C(C)C)OC. The highest BCUT2D eigenvalue weighted by atomic mass is 16.5. The first-order valence-corrected chi connectivity index (χ1v) is 7.51. The van der Waals surface area contributed by atoms with E-state index in [0.717, 1.165) is 12.8 Å². The summed E-state index contributed by atoms with van der Waals surface area (Å²) in [6, 6.07) is 0. The van der Waals surface area contributed by atoms with Gasteiger partial charge in [-0.25, -0.2) is 0 Å². The van der Waals surface area contributed by atoms with Gasteiger partial charge in [-0.05, 0) is 13.3 Å². The fourth-order valence-corrected chi connectivity index (χ4v) is 1.92. The zero-order valence-corrected chi connectivity index (χ0v) is 13.2. The van der Waals surface area contributed by atoms with Crippen molar-refractivity contribution in [1.29, 1.82) is 0 Å². The highest BCUT2D eigenvalue weighted by Crippen LogP contribution is 2.13. The van der Waals surface area contributed by atoms with Crippen molar-refractivity contribution in [3.05, 3.63) is 0 Å². The summed E-state index contributed by atoms with van der Waals surface area (Å²) in [5.74, 6) is -0.0369. The molecular weight excluding hydrogens is 242 g/mol. The third-order valence-electron chi connectivity index (χ3n) is 3.12. The topological polar surface area (TPSA) is 47.6 Å². The number of unbranched alkanes of at least 4 members (excludes halogenated alkanes) is 3. The quantitative estimate of drug-likeness (QED) is 0.465. The fourth-order valence-electron chi connectivity index (χ4n) is 1.92. The molecule has 0 heterocycles. The fraction of sp³-hybridized carbons (Fsp3) is 0.933. The van der Waals surface area contributed by atoms with Gasteiger partial charge < -0.3 is 14.8 Å². The minimum atomic E-state index is -0.350. The number of methoxy groups -OCH3 is 1. The van der Waals surface area contributed by atoms with Crippen LogP contribution in [0.5, 0.6) is 0 Å². The molecule has 0 saturated heterocycles. The van der Waals surface area contributed by atoms with Crippen molar-refractivity contribution < 1.29 is 14.3 Å². The largest absolute Gasteiger partial charge is 0.374 e. The monoisotopic (exact) mass is 273 g/mol. The standard InChI is InChI=1S/C15H31NO3/c1-6-8-9-10-11-13(19-7-2)15(18-5)16-14(17)12(3)4/h12-13,15H,6-11H2,1-5H3,(H,16,17)/t13-,15-/m1/s1. The molecule has 19 heavy (non-hydrogen) atoms. The van der Waals surface area contributed by atoms with Crippen LogP contribution in [0.3, 0.4) is 0 Å². The molecule has 2 atom stereocenters. The van der Waals surface area contributed by atoms with Crippen LogP contribution in [0.15, 0.2) is 0 Å². The predicted octanol–water partition coefficient (Wildman–Crippen LogP) is 3.11. The first-order chi connectivity index (χ1) is 9.06. The third-order valence-corrected chi connectivity index (χ3v) is 3.12. The number of hydrogen-bond acceptors (Lipinski definition) is 3. The normalized spacial score (nSPS) is 14.4. The van der Waals surface area contributed by atoms with E-state index < -0.39 is 0 Å². The van der Waals surface area contributed by atoms with Gasteiger partial charge in [0.05, 0.1) is 0 Å². The molecule has 0 saturated carbocycles. The molecular formula is C15H31NO3. The zero-order chi connectivity index (χ0) is 14.7. The van der Waals surface area contributed by atoms with Gasteiger partial charge in [0, 0.05) is 19.6 Å². The van der Waals surface area contributed by atoms with Crippen LogP contribution in [0.2, 0.25) is 0 Å². The molecule has 0 aromatic carbocycles. The molecule has 0 spiro atoms. The molecule has 0 fully saturated rings. The van der Waals surface area contributed by atoms with Crippen LogP contribution in [0, 0.1) is 5.92 Å². The minimum absolute atomic E-state index is 0.00473. The number of ether oxygens (including phenoxy) is 2. The van der Waals surface area contributed by atoms with E-state index in [4.69, 9.17) is 9.47 Å². The number of carbonyl (C=O) groups excluding carboxylic acids is 1. The van der Waals surface area contributed by atoms with E-state index in [-0.39, 0.29) is 24.2 Å². The van der Waals surface area contributed by atoms with Gasteiger partial charge in [0.15, 0.2) is 6.23 Å². The van der Waals surface area contributed by atoms with Gasteiger partial charge in [0.2, 0.25) is 5.91 Å². The summed E-state index contributed by atoms with van der Waals surface area (Å²) in [7, 11) is 1.61. The van der Waals surface area contributed by atoms with Crippen LogP contribution in [0.25, 0.3) is 0 Å². The second kappa shape index (κ2) is 11.2. The van der Waals surface area contributed by atoms with Gasteiger partial charge in [-0.3, -0.25) is 4.79 Å². The van der Waals surface area contributed by atoms with E-state index in [9.17, 15) is 4.79 Å². The van der Waals surface area contributed by atoms with Gasteiger partial charge in [0.1, 0.15) is 6.10 Å². The minimum Gasteiger partial charge on any atom is -0.374 e. The summed E-state index contributed by atoms with van der Waals surface area (Å²) in [5.41, 5.74) is 0. The Balaban J connectivity index is 4.31. The van der Waals surface area contributed by atoms with Crippen molar-refractivity contribution in [3.8, 4) is 0 Å². The Hall–Kier alpha value is -0.610. The van der Waals surface area contributed by atoms with E-state index in [1.165, 1.54) is 19.3 Å². The number of rotatable bonds is 11. The van der Waals surface area contributed by atoms with E-state index in [0.29, 0.717) is 6.61 Å². The Bertz CT molecular complexity index is 231. The van der Waals surface area contributed by atoms with Crippen LogP contribution in [-0.4, -0.2) is 32.0 Å². The smallest absolute Gasteiger partial charge is 0.224 e. The van der Waals surface area contributed by atoms with Gasteiger partial charge in [-0.2, -0.15) is 0 Å². The molecule has 4 nitrogen and oxygen atoms in total. The molecule has 0 rings (SSSR count). The van der Waals surface area contributed by atoms with Gasteiger partial charge in [-0.1, -0.05) is 46.5 Å². The summed E-state index contributed by atoms with van der Waals surface area (Å²) < 4.78 is 11.1. The molecule has 0 aliphatic rings. The molecule has 0 unspecified atom stereocenters. The maximum Gasteiger partial charge on any atom is 0.224 e. The van der Waals surface area contributed by atoms with Gasteiger partial charge >= 0.3 is 0 Å². The molecule has 0 radical (unpaired) electrons. The average Bonchev–Trinajstić information content (AvgIpc) is 2.39. The molecule has 0 aromatic rings. The lowest BCUT2D eigenvalue weighted by Gasteiger charge is -2.27. The highest BCUT2D eigenvalue weighted by molar-refractivity contribution is 5.78. The van der Waals surface area contributed by atoms with Crippen LogP contribution in [0.1, 0.15) is 59.8 Å². The van der Waals surface area contributed by atoms with Gasteiger partial charge in [-0.15, -0.1) is 0 Å².